The van der Waals surface area contributed by atoms with Crippen molar-refractivity contribution in [2.45, 2.75) is 20.1 Å². The van der Waals surface area contributed by atoms with Gasteiger partial charge in [0, 0.05) is 5.57 Å². The fourth-order valence-corrected chi connectivity index (χ4v) is 1.95. The second kappa shape index (κ2) is 7.93. The van der Waals surface area contributed by atoms with Crippen LogP contribution < -0.4 is 9.47 Å². The molecule has 1 N–H and O–H groups in total. The summed E-state index contributed by atoms with van der Waals surface area (Å²) in [6.45, 7) is 9.93. The van der Waals surface area contributed by atoms with Gasteiger partial charge >= 0.3 is 5.97 Å². The first-order chi connectivity index (χ1) is 12.2. The first kappa shape index (κ1) is 19.3. The third-order valence-corrected chi connectivity index (χ3v) is 3.41. The zero-order valence-electron chi connectivity index (χ0n) is 14.4. The molecule has 0 aliphatic rings. The molecule has 0 amide bonds. The van der Waals surface area contributed by atoms with Gasteiger partial charge in [-0.15, -0.1) is 0 Å². The van der Waals surface area contributed by atoms with Gasteiger partial charge in [-0.3, -0.25) is 0 Å². The largest absolute Gasteiger partial charge is 0.458 e. The van der Waals surface area contributed by atoms with Gasteiger partial charge in [-0.2, -0.15) is 0 Å². The molecule has 0 spiro atoms. The van der Waals surface area contributed by atoms with Crippen LogP contribution in [0.4, 0.5) is 8.78 Å². The lowest BCUT2D eigenvalue weighted by molar-refractivity contribution is -0.130. The normalized spacial score (nSPS) is 11.6. The zero-order chi connectivity index (χ0) is 19.4. The molecule has 1 unspecified atom stereocenters. The number of hydrogen-bond acceptors (Lipinski definition) is 4. The molecule has 0 aliphatic heterocycles. The van der Waals surface area contributed by atoms with Gasteiger partial charge < -0.3 is 14.6 Å². The number of ether oxygens (including phenoxy) is 2. The lowest BCUT2D eigenvalue weighted by atomic mass is 10.0. The average molecular weight is 360 g/mol. The molecule has 0 heterocycles. The average Bonchev–Trinajstić information content (AvgIpc) is 2.58. The SMILES string of the molecule is C=C(C)C(=O)Oc1ccc(-c2ccc(OC(O)C(=C)C)c(F)c2)cc1F. The van der Waals surface area contributed by atoms with Gasteiger partial charge in [0.15, 0.2) is 23.1 Å². The van der Waals surface area contributed by atoms with Gasteiger partial charge in [-0.1, -0.05) is 25.3 Å². The van der Waals surface area contributed by atoms with Crippen LogP contribution in [0.2, 0.25) is 0 Å². The minimum atomic E-state index is -1.32. The van der Waals surface area contributed by atoms with Crippen molar-refractivity contribution in [2.24, 2.45) is 0 Å². The lowest BCUT2D eigenvalue weighted by Crippen LogP contribution is -2.16. The van der Waals surface area contributed by atoms with E-state index in [-0.39, 0.29) is 17.1 Å². The highest BCUT2D eigenvalue weighted by molar-refractivity contribution is 5.88. The molecule has 0 fully saturated rings. The van der Waals surface area contributed by atoms with E-state index in [9.17, 15) is 18.7 Å². The topological polar surface area (TPSA) is 55.8 Å². The van der Waals surface area contributed by atoms with Crippen molar-refractivity contribution in [1.82, 2.24) is 0 Å². The Labute approximate surface area is 150 Å². The molecule has 2 aromatic rings. The van der Waals surface area contributed by atoms with Crippen molar-refractivity contribution < 1.29 is 28.2 Å². The molecular weight excluding hydrogens is 342 g/mol. The molecule has 0 aromatic heterocycles. The maximum absolute atomic E-state index is 14.2. The third kappa shape index (κ3) is 4.55. The van der Waals surface area contributed by atoms with Crippen LogP contribution in [0, 0.1) is 11.6 Å². The second-order valence-corrected chi connectivity index (χ2v) is 5.78. The molecule has 136 valence electrons. The predicted molar refractivity (Wildman–Crippen MR) is 93.7 cm³/mol. The van der Waals surface area contributed by atoms with Crippen molar-refractivity contribution >= 4 is 5.97 Å². The first-order valence-electron chi connectivity index (χ1n) is 7.66. The van der Waals surface area contributed by atoms with Crippen LogP contribution in [0.15, 0.2) is 60.7 Å². The maximum atomic E-state index is 14.2. The summed E-state index contributed by atoms with van der Waals surface area (Å²) in [5.41, 5.74) is 1.23. The summed E-state index contributed by atoms with van der Waals surface area (Å²) in [5.74, 6) is -2.62. The highest BCUT2D eigenvalue weighted by Gasteiger charge is 2.14. The van der Waals surface area contributed by atoms with E-state index in [0.29, 0.717) is 16.7 Å². The molecule has 2 rings (SSSR count). The van der Waals surface area contributed by atoms with Gasteiger partial charge in [0.2, 0.25) is 6.29 Å². The van der Waals surface area contributed by atoms with Gasteiger partial charge in [-0.25, -0.2) is 13.6 Å². The molecule has 0 bridgehead atoms. The Morgan fingerprint density at radius 3 is 1.92 bits per heavy atom. The van der Waals surface area contributed by atoms with Crippen LogP contribution in [-0.4, -0.2) is 17.4 Å². The fraction of sp³-hybridized carbons (Fsp3) is 0.150. The summed E-state index contributed by atoms with van der Waals surface area (Å²) >= 11 is 0. The fourth-order valence-electron chi connectivity index (χ4n) is 1.95. The van der Waals surface area contributed by atoms with E-state index in [0.717, 1.165) is 12.1 Å². The molecule has 2 aromatic carbocycles. The number of carbonyl (C=O) groups excluding carboxylic acids is 1. The minimum absolute atomic E-state index is 0.142. The molecule has 0 radical (unpaired) electrons. The van der Waals surface area contributed by atoms with Gasteiger partial charge in [0.1, 0.15) is 0 Å². The Morgan fingerprint density at radius 1 is 1.00 bits per heavy atom. The number of aliphatic hydroxyl groups is 1. The smallest absolute Gasteiger partial charge is 0.338 e. The molecule has 6 heteroatoms. The number of aliphatic hydroxyl groups excluding tert-OH is 1. The Bertz CT molecular complexity index is 874. The first-order valence-corrected chi connectivity index (χ1v) is 7.66. The second-order valence-electron chi connectivity index (χ2n) is 5.78. The number of halogens is 2. The van der Waals surface area contributed by atoms with E-state index in [1.54, 1.807) is 6.92 Å². The van der Waals surface area contributed by atoms with E-state index in [1.807, 2.05) is 0 Å². The summed E-state index contributed by atoms with van der Waals surface area (Å²) in [4.78, 5) is 11.5. The molecule has 1 atom stereocenters. The summed E-state index contributed by atoms with van der Waals surface area (Å²) in [7, 11) is 0. The van der Waals surface area contributed by atoms with Crippen molar-refractivity contribution in [3.63, 3.8) is 0 Å². The molecular formula is C20H18F2O4. The highest BCUT2D eigenvalue weighted by atomic mass is 19.1. The maximum Gasteiger partial charge on any atom is 0.338 e. The van der Waals surface area contributed by atoms with E-state index in [2.05, 4.69) is 13.2 Å². The van der Waals surface area contributed by atoms with Crippen LogP contribution >= 0.6 is 0 Å². The Balaban J connectivity index is 2.25. The van der Waals surface area contributed by atoms with Crippen LogP contribution in [0.3, 0.4) is 0 Å². The summed E-state index contributed by atoms with van der Waals surface area (Å²) < 4.78 is 38.2. The molecule has 0 aliphatic carbocycles. The van der Waals surface area contributed by atoms with E-state index >= 15 is 0 Å². The van der Waals surface area contributed by atoms with E-state index in [4.69, 9.17) is 9.47 Å². The number of hydrogen-bond donors (Lipinski definition) is 1. The Morgan fingerprint density at radius 2 is 1.50 bits per heavy atom. The van der Waals surface area contributed by atoms with Crippen molar-refractivity contribution in [2.75, 3.05) is 0 Å². The molecule has 4 nitrogen and oxygen atoms in total. The van der Waals surface area contributed by atoms with Gasteiger partial charge in [0.05, 0.1) is 0 Å². The van der Waals surface area contributed by atoms with E-state index in [1.165, 1.54) is 31.2 Å². The number of esters is 1. The van der Waals surface area contributed by atoms with Crippen molar-refractivity contribution in [3.8, 4) is 22.6 Å². The monoisotopic (exact) mass is 360 g/mol. The number of benzene rings is 2. The Hall–Kier alpha value is -2.99. The van der Waals surface area contributed by atoms with Crippen LogP contribution in [0.5, 0.6) is 11.5 Å². The highest BCUT2D eigenvalue weighted by Crippen LogP contribution is 2.29. The minimum Gasteiger partial charge on any atom is -0.458 e. The predicted octanol–water partition coefficient (Wildman–Crippen LogP) is 4.39. The standard InChI is InChI=1S/C20H18F2O4/c1-11(2)19(23)25-17-7-5-13(9-15(17)21)14-6-8-18(16(22)10-14)26-20(24)12(3)4/h5-10,19,23H,1,3H2,2,4H3. The molecule has 0 saturated heterocycles. The zero-order valence-corrected chi connectivity index (χ0v) is 14.4. The van der Waals surface area contributed by atoms with Crippen molar-refractivity contribution in [1.29, 1.82) is 0 Å². The quantitative estimate of drug-likeness (QED) is 0.273. The van der Waals surface area contributed by atoms with Crippen LogP contribution in [0.25, 0.3) is 11.1 Å². The van der Waals surface area contributed by atoms with E-state index < -0.39 is 23.9 Å². The summed E-state index contributed by atoms with van der Waals surface area (Å²) in [6.07, 6.45) is -1.32. The third-order valence-electron chi connectivity index (χ3n) is 3.41. The molecule has 26 heavy (non-hydrogen) atoms. The van der Waals surface area contributed by atoms with Gasteiger partial charge in [-0.05, 0) is 54.8 Å². The summed E-state index contributed by atoms with van der Waals surface area (Å²) in [5, 5.41) is 9.58. The number of rotatable bonds is 6. The lowest BCUT2D eigenvalue weighted by Gasteiger charge is -2.14. The number of carbonyl (C=O) groups is 1. The summed E-state index contributed by atoms with van der Waals surface area (Å²) in [6, 6.07) is 7.87. The van der Waals surface area contributed by atoms with Crippen LogP contribution in [0.1, 0.15) is 13.8 Å². The van der Waals surface area contributed by atoms with Crippen molar-refractivity contribution in [3.05, 3.63) is 72.3 Å². The Kier molecular flexibility index (Phi) is 5.90. The van der Waals surface area contributed by atoms with Gasteiger partial charge in [0.25, 0.3) is 0 Å². The molecule has 0 saturated carbocycles. The van der Waals surface area contributed by atoms with Crippen LogP contribution in [-0.2, 0) is 4.79 Å².